The van der Waals surface area contributed by atoms with Crippen LogP contribution in [-0.4, -0.2) is 35.4 Å². The van der Waals surface area contributed by atoms with E-state index in [1.165, 1.54) is 18.0 Å². The van der Waals surface area contributed by atoms with Crippen molar-refractivity contribution >= 4 is 41.0 Å². The van der Waals surface area contributed by atoms with Crippen molar-refractivity contribution in [3.05, 3.63) is 72.0 Å². The number of benzene rings is 2. The number of hydrogen-bond donors (Lipinski definition) is 1. The van der Waals surface area contributed by atoms with E-state index in [2.05, 4.69) is 15.5 Å². The van der Waals surface area contributed by atoms with Gasteiger partial charge in [0.2, 0.25) is 0 Å². The Morgan fingerprint density at radius 2 is 1.91 bits per heavy atom. The number of hydrogen-bond acceptors (Lipinski definition) is 8. The molecule has 4 rings (SSSR count). The molecule has 0 aliphatic rings. The molecule has 0 radical (unpaired) electrons. The Kier molecular flexibility index (Phi) is 6.66. The van der Waals surface area contributed by atoms with E-state index in [-0.39, 0.29) is 17.6 Å². The van der Waals surface area contributed by atoms with Gasteiger partial charge in [-0.25, -0.2) is 15.2 Å². The van der Waals surface area contributed by atoms with Gasteiger partial charge in [-0.1, -0.05) is 36.0 Å². The summed E-state index contributed by atoms with van der Waals surface area (Å²) in [5.74, 6) is 0.535. The van der Waals surface area contributed by atoms with Gasteiger partial charge in [-0.2, -0.15) is 5.10 Å². The van der Waals surface area contributed by atoms with E-state index in [1.54, 1.807) is 43.3 Å². The second-order valence-corrected chi connectivity index (χ2v) is 7.46. The zero-order chi connectivity index (χ0) is 22.3. The van der Waals surface area contributed by atoms with Crippen molar-refractivity contribution in [1.82, 2.24) is 10.4 Å². The standard InChI is InChI=1S/C23H19N3O5S/c1-2-29-22(28)16-9-7-15(8-10-16)19-12-11-17(30-19)13-24-26-21(27)14-32-23-25-18-5-3-4-6-20(18)31-23/h3-13H,2,14H2,1H3,(H,26,27)/b24-13-. The van der Waals surface area contributed by atoms with E-state index in [1.807, 2.05) is 24.3 Å². The number of nitrogens with one attached hydrogen (secondary N) is 1. The molecule has 0 spiro atoms. The number of hydrazone groups is 1. The molecule has 0 bridgehead atoms. The van der Waals surface area contributed by atoms with Gasteiger partial charge in [-0.3, -0.25) is 4.79 Å². The number of nitrogens with zero attached hydrogens (tertiary/aromatic N) is 2. The van der Waals surface area contributed by atoms with Crippen molar-refractivity contribution in [2.75, 3.05) is 12.4 Å². The maximum absolute atomic E-state index is 12.0. The van der Waals surface area contributed by atoms with Gasteiger partial charge in [0.05, 0.1) is 24.1 Å². The number of oxazole rings is 1. The van der Waals surface area contributed by atoms with Crippen LogP contribution in [0.4, 0.5) is 0 Å². The van der Waals surface area contributed by atoms with Gasteiger partial charge >= 0.3 is 5.97 Å². The molecule has 2 heterocycles. The molecule has 9 heteroatoms. The lowest BCUT2D eigenvalue weighted by molar-refractivity contribution is -0.118. The number of rotatable bonds is 8. The zero-order valence-corrected chi connectivity index (χ0v) is 17.9. The van der Waals surface area contributed by atoms with Crippen LogP contribution in [0, 0.1) is 0 Å². The fourth-order valence-electron chi connectivity index (χ4n) is 2.80. The van der Waals surface area contributed by atoms with Crippen LogP contribution < -0.4 is 5.43 Å². The van der Waals surface area contributed by atoms with Crippen molar-refractivity contribution in [3.63, 3.8) is 0 Å². The number of para-hydroxylation sites is 2. The van der Waals surface area contributed by atoms with Crippen LogP contribution in [0.15, 0.2) is 79.8 Å². The number of fused-ring (bicyclic) bond motifs is 1. The molecule has 8 nitrogen and oxygen atoms in total. The highest BCUT2D eigenvalue weighted by atomic mass is 32.2. The van der Waals surface area contributed by atoms with Crippen molar-refractivity contribution < 1.29 is 23.2 Å². The molecule has 4 aromatic rings. The average molecular weight is 449 g/mol. The maximum atomic E-state index is 12.0. The van der Waals surface area contributed by atoms with Crippen LogP contribution in [-0.2, 0) is 9.53 Å². The van der Waals surface area contributed by atoms with E-state index < -0.39 is 0 Å². The number of furan rings is 1. The first kappa shape index (κ1) is 21.4. The van der Waals surface area contributed by atoms with Crippen molar-refractivity contribution in [1.29, 1.82) is 0 Å². The summed E-state index contributed by atoms with van der Waals surface area (Å²) in [6, 6.07) is 17.8. The zero-order valence-electron chi connectivity index (χ0n) is 17.1. The number of carbonyl (C=O) groups is 2. The van der Waals surface area contributed by atoms with Gasteiger partial charge in [0, 0.05) is 5.56 Å². The van der Waals surface area contributed by atoms with Gasteiger partial charge in [0.1, 0.15) is 17.0 Å². The number of carbonyl (C=O) groups excluding carboxylic acids is 2. The summed E-state index contributed by atoms with van der Waals surface area (Å²) >= 11 is 1.19. The van der Waals surface area contributed by atoms with Gasteiger partial charge in [0.15, 0.2) is 5.58 Å². The predicted octanol–water partition coefficient (Wildman–Crippen LogP) is 4.51. The van der Waals surface area contributed by atoms with Crippen LogP contribution in [0.2, 0.25) is 0 Å². The molecule has 2 aromatic carbocycles. The number of thioether (sulfide) groups is 1. The Labute approximate surface area is 187 Å². The molecule has 0 aliphatic heterocycles. The highest BCUT2D eigenvalue weighted by Crippen LogP contribution is 2.23. The number of aromatic nitrogens is 1. The van der Waals surface area contributed by atoms with Gasteiger partial charge < -0.3 is 13.6 Å². The molecule has 2 aromatic heterocycles. The third kappa shape index (κ3) is 5.25. The van der Waals surface area contributed by atoms with Crippen molar-refractivity contribution in [3.8, 4) is 11.3 Å². The van der Waals surface area contributed by atoms with E-state index in [0.29, 0.717) is 34.5 Å². The Morgan fingerprint density at radius 1 is 1.09 bits per heavy atom. The minimum absolute atomic E-state index is 0.111. The lowest BCUT2D eigenvalue weighted by Crippen LogP contribution is -2.19. The topological polar surface area (TPSA) is 107 Å². The number of ether oxygens (including phenoxy) is 1. The Hall–Kier alpha value is -3.85. The van der Waals surface area contributed by atoms with E-state index >= 15 is 0 Å². The monoisotopic (exact) mass is 449 g/mol. The fourth-order valence-corrected chi connectivity index (χ4v) is 3.43. The van der Waals surface area contributed by atoms with Gasteiger partial charge in [-0.05, 0) is 43.3 Å². The third-order valence-corrected chi connectivity index (χ3v) is 5.12. The molecule has 0 atom stereocenters. The van der Waals surface area contributed by atoms with Crippen LogP contribution in [0.3, 0.4) is 0 Å². The Balaban J connectivity index is 1.28. The van der Waals surface area contributed by atoms with E-state index in [0.717, 1.165) is 11.1 Å². The van der Waals surface area contributed by atoms with E-state index in [9.17, 15) is 9.59 Å². The van der Waals surface area contributed by atoms with Gasteiger partial charge in [0.25, 0.3) is 11.1 Å². The third-order valence-electron chi connectivity index (χ3n) is 4.29. The first-order chi connectivity index (χ1) is 15.6. The SMILES string of the molecule is CCOC(=O)c1ccc(-c2ccc(/C=N\NC(=O)CSc3nc4ccccc4o3)o2)cc1. The van der Waals surface area contributed by atoms with Gasteiger partial charge in [-0.15, -0.1) is 0 Å². The fraction of sp³-hybridized carbons (Fsp3) is 0.130. The van der Waals surface area contributed by atoms with Crippen molar-refractivity contribution in [2.45, 2.75) is 12.1 Å². The summed E-state index contributed by atoms with van der Waals surface area (Å²) in [4.78, 5) is 28.0. The molecule has 0 saturated carbocycles. The molecule has 162 valence electrons. The molecule has 1 amide bonds. The normalized spacial score (nSPS) is 11.2. The highest BCUT2D eigenvalue weighted by molar-refractivity contribution is 7.99. The summed E-state index contributed by atoms with van der Waals surface area (Å²) in [5, 5.41) is 4.34. The summed E-state index contributed by atoms with van der Waals surface area (Å²) in [7, 11) is 0. The molecule has 0 aliphatic carbocycles. The molecular weight excluding hydrogens is 430 g/mol. The van der Waals surface area contributed by atoms with Crippen LogP contribution in [0.25, 0.3) is 22.4 Å². The van der Waals surface area contributed by atoms with Crippen molar-refractivity contribution in [2.24, 2.45) is 5.10 Å². The second-order valence-electron chi connectivity index (χ2n) is 6.53. The highest BCUT2D eigenvalue weighted by Gasteiger charge is 2.10. The average Bonchev–Trinajstić information content (AvgIpc) is 3.45. The summed E-state index contributed by atoms with van der Waals surface area (Å²) in [5.41, 5.74) is 5.15. The molecule has 1 N–H and O–H groups in total. The number of amides is 1. The van der Waals surface area contributed by atoms with Crippen LogP contribution in [0.1, 0.15) is 23.0 Å². The lowest BCUT2D eigenvalue weighted by atomic mass is 10.1. The molecular formula is C23H19N3O5S. The largest absolute Gasteiger partial charge is 0.462 e. The maximum Gasteiger partial charge on any atom is 0.338 e. The minimum Gasteiger partial charge on any atom is -0.462 e. The lowest BCUT2D eigenvalue weighted by Gasteiger charge is -2.02. The quantitative estimate of drug-likeness (QED) is 0.183. The van der Waals surface area contributed by atoms with E-state index in [4.69, 9.17) is 13.6 Å². The minimum atomic E-state index is -0.365. The summed E-state index contributed by atoms with van der Waals surface area (Å²) in [6.45, 7) is 2.09. The Morgan fingerprint density at radius 3 is 2.69 bits per heavy atom. The Bertz CT molecular complexity index is 1230. The second kappa shape index (κ2) is 9.97. The number of esters is 1. The first-order valence-corrected chi connectivity index (χ1v) is 10.8. The molecule has 0 unspecified atom stereocenters. The molecule has 0 fully saturated rings. The molecule has 0 saturated heterocycles. The predicted molar refractivity (Wildman–Crippen MR) is 121 cm³/mol. The smallest absolute Gasteiger partial charge is 0.338 e. The first-order valence-electron chi connectivity index (χ1n) is 9.80. The van der Waals surface area contributed by atoms with Crippen LogP contribution >= 0.6 is 11.8 Å². The summed E-state index contributed by atoms with van der Waals surface area (Å²) in [6.07, 6.45) is 1.42. The molecule has 32 heavy (non-hydrogen) atoms. The summed E-state index contributed by atoms with van der Waals surface area (Å²) < 4.78 is 16.3. The van der Waals surface area contributed by atoms with Crippen LogP contribution in [0.5, 0.6) is 0 Å².